The number of alkyl halides is 3. The number of hydrogen-bond acceptors (Lipinski definition) is 3. The van der Waals surface area contributed by atoms with Crippen molar-refractivity contribution in [1.82, 2.24) is 4.90 Å². The molecule has 0 aliphatic heterocycles. The molecule has 0 aliphatic rings. The summed E-state index contributed by atoms with van der Waals surface area (Å²) in [5.41, 5.74) is 8.59. The van der Waals surface area contributed by atoms with E-state index in [2.05, 4.69) is 19.9 Å². The Balaban J connectivity index is 1.98. The van der Waals surface area contributed by atoms with Gasteiger partial charge in [0, 0.05) is 12.2 Å². The lowest BCUT2D eigenvalue weighted by atomic mass is 10.1. The molecule has 0 aliphatic carbocycles. The van der Waals surface area contributed by atoms with Crippen LogP contribution in [0, 0.1) is 0 Å². The molecule has 2 rings (SSSR count). The first-order valence-electron chi connectivity index (χ1n) is 7.87. The zero-order chi connectivity index (χ0) is 19.2. The standard InChI is InChI=1S/C18H21F3N4O/c1-25(2)12-14-6-4-3-5-13(14)11-23-17(22)24-15-7-9-16(10-8-15)26-18(19,20)21/h3-10H,11-12H2,1-2H3,(H3,22,23,24). The Morgan fingerprint density at radius 3 is 2.27 bits per heavy atom. The molecular formula is C18H21F3N4O. The average Bonchev–Trinajstić information content (AvgIpc) is 2.54. The molecule has 2 aromatic rings. The lowest BCUT2D eigenvalue weighted by molar-refractivity contribution is -0.274. The predicted molar refractivity (Wildman–Crippen MR) is 95.9 cm³/mol. The van der Waals surface area contributed by atoms with E-state index in [0.717, 1.165) is 17.7 Å². The van der Waals surface area contributed by atoms with E-state index in [0.29, 0.717) is 12.2 Å². The summed E-state index contributed by atoms with van der Waals surface area (Å²) in [5.74, 6) is -0.120. The zero-order valence-corrected chi connectivity index (χ0v) is 14.5. The number of guanidine groups is 1. The summed E-state index contributed by atoms with van der Waals surface area (Å²) >= 11 is 0. The molecule has 0 radical (unpaired) electrons. The third kappa shape index (κ3) is 6.64. The number of anilines is 1. The molecule has 5 nitrogen and oxygen atoms in total. The predicted octanol–water partition coefficient (Wildman–Crippen LogP) is 3.57. The lowest BCUT2D eigenvalue weighted by Gasteiger charge is -2.13. The fraction of sp³-hybridized carbons (Fsp3) is 0.278. The van der Waals surface area contributed by atoms with Crippen molar-refractivity contribution >= 4 is 11.6 Å². The first-order chi connectivity index (χ1) is 12.2. The van der Waals surface area contributed by atoms with Gasteiger partial charge in [-0.2, -0.15) is 0 Å². The fourth-order valence-electron chi connectivity index (χ4n) is 2.30. The number of nitrogens with two attached hydrogens (primary N) is 1. The van der Waals surface area contributed by atoms with Crippen molar-refractivity contribution in [2.24, 2.45) is 10.7 Å². The molecule has 8 heteroatoms. The Morgan fingerprint density at radius 1 is 1.08 bits per heavy atom. The number of benzene rings is 2. The van der Waals surface area contributed by atoms with Crippen LogP contribution in [0.15, 0.2) is 53.5 Å². The summed E-state index contributed by atoms with van der Waals surface area (Å²) in [5, 5.41) is 2.84. The van der Waals surface area contributed by atoms with Crippen molar-refractivity contribution in [3.05, 3.63) is 59.7 Å². The zero-order valence-electron chi connectivity index (χ0n) is 14.5. The summed E-state index contributed by atoms with van der Waals surface area (Å²) in [7, 11) is 3.98. The van der Waals surface area contributed by atoms with Crippen molar-refractivity contribution in [2.45, 2.75) is 19.5 Å². The highest BCUT2D eigenvalue weighted by Gasteiger charge is 2.30. The Labute approximate surface area is 150 Å². The van der Waals surface area contributed by atoms with Crippen LogP contribution in [0.2, 0.25) is 0 Å². The van der Waals surface area contributed by atoms with Gasteiger partial charge >= 0.3 is 6.36 Å². The molecule has 0 unspecified atom stereocenters. The first kappa shape index (κ1) is 19.6. The smallest absolute Gasteiger partial charge is 0.406 e. The molecule has 2 aromatic carbocycles. The van der Waals surface area contributed by atoms with Gasteiger partial charge in [0.25, 0.3) is 0 Å². The molecule has 140 valence electrons. The van der Waals surface area contributed by atoms with E-state index in [1.165, 1.54) is 24.3 Å². The summed E-state index contributed by atoms with van der Waals surface area (Å²) in [6.07, 6.45) is -4.71. The maximum absolute atomic E-state index is 12.1. The van der Waals surface area contributed by atoms with Crippen LogP contribution in [0.4, 0.5) is 18.9 Å². The van der Waals surface area contributed by atoms with Gasteiger partial charge in [-0.05, 0) is 49.5 Å². The number of halogens is 3. The van der Waals surface area contributed by atoms with E-state index >= 15 is 0 Å². The summed E-state index contributed by atoms with van der Waals surface area (Å²) in [6.45, 7) is 1.19. The van der Waals surface area contributed by atoms with Gasteiger partial charge in [-0.1, -0.05) is 24.3 Å². The van der Waals surface area contributed by atoms with Crippen LogP contribution < -0.4 is 15.8 Å². The minimum absolute atomic E-state index is 0.175. The Bertz CT molecular complexity index is 743. The number of rotatable bonds is 6. The Morgan fingerprint density at radius 2 is 1.69 bits per heavy atom. The second kappa shape index (κ2) is 8.57. The number of nitrogens with zero attached hydrogens (tertiary/aromatic N) is 2. The Kier molecular flexibility index (Phi) is 6.46. The minimum Gasteiger partial charge on any atom is -0.406 e. The van der Waals surface area contributed by atoms with Gasteiger partial charge in [0.2, 0.25) is 0 Å². The quantitative estimate of drug-likeness (QED) is 0.606. The monoisotopic (exact) mass is 366 g/mol. The molecule has 0 saturated carbocycles. The van der Waals surface area contributed by atoms with Gasteiger partial charge in [0.15, 0.2) is 5.96 Å². The van der Waals surface area contributed by atoms with Gasteiger partial charge in [0.05, 0.1) is 6.54 Å². The molecule has 0 bridgehead atoms. The lowest BCUT2D eigenvalue weighted by Crippen LogP contribution is -2.23. The largest absolute Gasteiger partial charge is 0.573 e. The van der Waals surface area contributed by atoms with Crippen LogP contribution >= 0.6 is 0 Å². The second-order valence-electron chi connectivity index (χ2n) is 5.91. The molecular weight excluding hydrogens is 345 g/mol. The molecule has 0 amide bonds. The van der Waals surface area contributed by atoms with Crippen LogP contribution in [-0.2, 0) is 13.1 Å². The van der Waals surface area contributed by atoms with Gasteiger partial charge in [-0.25, -0.2) is 4.99 Å². The van der Waals surface area contributed by atoms with Crippen LogP contribution in [0.5, 0.6) is 5.75 Å². The maximum Gasteiger partial charge on any atom is 0.573 e. The molecule has 0 fully saturated rings. The summed E-state index contributed by atoms with van der Waals surface area (Å²) in [6, 6.07) is 13.2. The topological polar surface area (TPSA) is 62.9 Å². The van der Waals surface area contributed by atoms with Crippen LogP contribution in [0.3, 0.4) is 0 Å². The molecule has 0 saturated heterocycles. The normalized spacial score (nSPS) is 12.3. The van der Waals surface area contributed by atoms with Crippen LogP contribution in [0.25, 0.3) is 0 Å². The van der Waals surface area contributed by atoms with E-state index in [-0.39, 0.29) is 11.7 Å². The van der Waals surface area contributed by atoms with E-state index < -0.39 is 6.36 Å². The van der Waals surface area contributed by atoms with E-state index in [1.54, 1.807) is 0 Å². The second-order valence-corrected chi connectivity index (χ2v) is 5.91. The van der Waals surface area contributed by atoms with E-state index in [1.807, 2.05) is 38.4 Å². The molecule has 0 atom stereocenters. The van der Waals surface area contributed by atoms with Gasteiger partial charge in [-0.3, -0.25) is 0 Å². The molecule has 0 spiro atoms. The highest BCUT2D eigenvalue weighted by molar-refractivity contribution is 5.92. The summed E-state index contributed by atoms with van der Waals surface area (Å²) < 4.78 is 40.3. The van der Waals surface area contributed by atoms with Crippen molar-refractivity contribution in [3.8, 4) is 5.75 Å². The van der Waals surface area contributed by atoms with Gasteiger partial charge < -0.3 is 20.7 Å². The highest BCUT2D eigenvalue weighted by Crippen LogP contribution is 2.23. The highest BCUT2D eigenvalue weighted by atomic mass is 19.4. The van der Waals surface area contributed by atoms with Crippen molar-refractivity contribution < 1.29 is 17.9 Å². The number of ether oxygens (including phenoxy) is 1. The molecule has 3 N–H and O–H groups in total. The number of aliphatic imine (C=N–C) groups is 1. The molecule has 0 aromatic heterocycles. The number of hydrogen-bond donors (Lipinski definition) is 2. The first-order valence-corrected chi connectivity index (χ1v) is 7.87. The number of nitrogens with one attached hydrogen (secondary N) is 1. The van der Waals surface area contributed by atoms with Crippen LogP contribution in [0.1, 0.15) is 11.1 Å². The SMILES string of the molecule is CN(C)Cc1ccccc1CN=C(N)Nc1ccc(OC(F)(F)F)cc1. The van der Waals surface area contributed by atoms with Crippen molar-refractivity contribution in [1.29, 1.82) is 0 Å². The third-order valence-electron chi connectivity index (χ3n) is 3.39. The van der Waals surface area contributed by atoms with Crippen molar-refractivity contribution in [3.63, 3.8) is 0 Å². The maximum atomic E-state index is 12.1. The van der Waals surface area contributed by atoms with E-state index in [9.17, 15) is 13.2 Å². The van der Waals surface area contributed by atoms with Gasteiger partial charge in [-0.15, -0.1) is 13.2 Å². The summed E-state index contributed by atoms with van der Waals surface area (Å²) in [4.78, 5) is 6.36. The van der Waals surface area contributed by atoms with Gasteiger partial charge in [0.1, 0.15) is 5.75 Å². The fourth-order valence-corrected chi connectivity index (χ4v) is 2.30. The third-order valence-corrected chi connectivity index (χ3v) is 3.39. The average molecular weight is 366 g/mol. The van der Waals surface area contributed by atoms with E-state index in [4.69, 9.17) is 5.73 Å². The minimum atomic E-state index is -4.71. The Hall–Kier alpha value is -2.74. The molecule has 26 heavy (non-hydrogen) atoms. The van der Waals surface area contributed by atoms with Crippen LogP contribution in [-0.4, -0.2) is 31.3 Å². The molecule has 0 heterocycles. The van der Waals surface area contributed by atoms with Crippen molar-refractivity contribution in [2.75, 3.05) is 19.4 Å².